The maximum atomic E-state index is 10.5. The number of aliphatic hydroxyl groups excluding tert-OH is 1. The van der Waals surface area contributed by atoms with Crippen molar-refractivity contribution < 1.29 is 5.11 Å². The molecule has 0 spiro atoms. The van der Waals surface area contributed by atoms with E-state index in [1.54, 1.807) is 4.68 Å². The van der Waals surface area contributed by atoms with Gasteiger partial charge in [-0.15, -0.1) is 0 Å². The molecule has 4 heteroatoms. The van der Waals surface area contributed by atoms with E-state index in [1.165, 1.54) is 11.1 Å². The maximum Gasteiger partial charge on any atom is 0.130 e. The smallest absolute Gasteiger partial charge is 0.130 e. The van der Waals surface area contributed by atoms with Crippen molar-refractivity contribution in [1.82, 2.24) is 9.78 Å². The standard InChI is InChI=1S/C16H21ClN2O/c1-9-6-11(3)13(7-10(9)2)15(20)8-14-12(4)18-19(5)16(14)17/h6-7,15,20H,8H2,1-5H3. The molecule has 0 amide bonds. The molecule has 1 aromatic heterocycles. The summed E-state index contributed by atoms with van der Waals surface area (Å²) in [6.45, 7) is 8.10. The summed E-state index contributed by atoms with van der Waals surface area (Å²) in [5, 5.41) is 15.4. The molecular formula is C16H21ClN2O. The van der Waals surface area contributed by atoms with Gasteiger partial charge >= 0.3 is 0 Å². The van der Waals surface area contributed by atoms with Crippen LogP contribution in [0.2, 0.25) is 5.15 Å². The number of aliphatic hydroxyl groups is 1. The van der Waals surface area contributed by atoms with Crippen LogP contribution in [0, 0.1) is 27.7 Å². The Bertz CT molecular complexity index is 646. The van der Waals surface area contributed by atoms with Crippen LogP contribution in [0.25, 0.3) is 0 Å². The first-order valence-corrected chi connectivity index (χ1v) is 7.12. The molecular weight excluding hydrogens is 272 g/mol. The highest BCUT2D eigenvalue weighted by molar-refractivity contribution is 6.30. The van der Waals surface area contributed by atoms with E-state index in [2.05, 4.69) is 31.1 Å². The summed E-state index contributed by atoms with van der Waals surface area (Å²) in [4.78, 5) is 0. The van der Waals surface area contributed by atoms with Crippen LogP contribution >= 0.6 is 11.6 Å². The lowest BCUT2D eigenvalue weighted by Gasteiger charge is -2.16. The highest BCUT2D eigenvalue weighted by Crippen LogP contribution is 2.28. The third-order valence-electron chi connectivity index (χ3n) is 3.91. The first-order chi connectivity index (χ1) is 9.31. The predicted molar refractivity (Wildman–Crippen MR) is 82.3 cm³/mol. The maximum absolute atomic E-state index is 10.5. The van der Waals surface area contributed by atoms with Crippen LogP contribution in [-0.2, 0) is 13.5 Å². The van der Waals surface area contributed by atoms with E-state index in [1.807, 2.05) is 20.9 Å². The van der Waals surface area contributed by atoms with Crippen LogP contribution in [0.15, 0.2) is 12.1 Å². The summed E-state index contributed by atoms with van der Waals surface area (Å²) in [6, 6.07) is 4.18. The molecule has 0 saturated heterocycles. The molecule has 108 valence electrons. The number of benzene rings is 1. The van der Waals surface area contributed by atoms with Crippen molar-refractivity contribution in [2.75, 3.05) is 0 Å². The van der Waals surface area contributed by atoms with Crippen molar-refractivity contribution in [2.45, 2.75) is 40.2 Å². The lowest BCUT2D eigenvalue weighted by molar-refractivity contribution is 0.177. The molecule has 1 aromatic carbocycles. The second-order valence-corrected chi connectivity index (χ2v) is 5.85. The summed E-state index contributed by atoms with van der Waals surface area (Å²) in [5.41, 5.74) is 6.30. The number of hydrogen-bond acceptors (Lipinski definition) is 2. The SMILES string of the molecule is Cc1cc(C)c(C(O)Cc2c(C)nn(C)c2Cl)cc1C. The monoisotopic (exact) mass is 292 g/mol. The van der Waals surface area contributed by atoms with Gasteiger partial charge in [-0.25, -0.2) is 0 Å². The molecule has 0 aliphatic heterocycles. The number of rotatable bonds is 3. The Hall–Kier alpha value is -1.32. The fraction of sp³-hybridized carbons (Fsp3) is 0.438. The molecule has 0 fully saturated rings. The van der Waals surface area contributed by atoms with Gasteiger partial charge in [0.15, 0.2) is 0 Å². The van der Waals surface area contributed by atoms with Crippen LogP contribution in [0.3, 0.4) is 0 Å². The zero-order valence-corrected chi connectivity index (χ0v) is 13.4. The second kappa shape index (κ2) is 5.58. The van der Waals surface area contributed by atoms with Crippen molar-refractivity contribution in [3.63, 3.8) is 0 Å². The number of halogens is 1. The van der Waals surface area contributed by atoms with Crippen molar-refractivity contribution in [3.8, 4) is 0 Å². The van der Waals surface area contributed by atoms with Crippen LogP contribution < -0.4 is 0 Å². The molecule has 1 atom stereocenters. The van der Waals surface area contributed by atoms with Crippen LogP contribution in [0.5, 0.6) is 0 Å². The average molecular weight is 293 g/mol. The molecule has 0 radical (unpaired) electrons. The lowest BCUT2D eigenvalue weighted by Crippen LogP contribution is -2.06. The third-order valence-corrected chi connectivity index (χ3v) is 4.38. The van der Waals surface area contributed by atoms with Crippen molar-refractivity contribution in [1.29, 1.82) is 0 Å². The van der Waals surface area contributed by atoms with E-state index >= 15 is 0 Å². The van der Waals surface area contributed by atoms with E-state index in [0.29, 0.717) is 11.6 Å². The molecule has 2 rings (SSSR count). The fourth-order valence-corrected chi connectivity index (χ4v) is 2.80. The minimum Gasteiger partial charge on any atom is -0.388 e. The highest BCUT2D eigenvalue weighted by atomic mass is 35.5. The molecule has 0 saturated carbocycles. The molecule has 0 aliphatic carbocycles. The van der Waals surface area contributed by atoms with Gasteiger partial charge in [-0.05, 0) is 49.9 Å². The van der Waals surface area contributed by atoms with Crippen molar-refractivity contribution in [3.05, 3.63) is 50.8 Å². The molecule has 2 aromatic rings. The van der Waals surface area contributed by atoms with Crippen LogP contribution in [0.1, 0.15) is 39.6 Å². The minimum absolute atomic E-state index is 0.488. The van der Waals surface area contributed by atoms with Gasteiger partial charge < -0.3 is 5.11 Å². The van der Waals surface area contributed by atoms with Crippen molar-refractivity contribution >= 4 is 11.6 Å². The Kier molecular flexibility index (Phi) is 4.21. The van der Waals surface area contributed by atoms with Gasteiger partial charge in [-0.2, -0.15) is 5.10 Å². The van der Waals surface area contributed by atoms with Gasteiger partial charge in [-0.1, -0.05) is 23.7 Å². The number of aryl methyl sites for hydroxylation is 5. The summed E-state index contributed by atoms with van der Waals surface area (Å²) in [6.07, 6.45) is -0.0725. The Morgan fingerprint density at radius 2 is 1.75 bits per heavy atom. The van der Waals surface area contributed by atoms with Gasteiger partial charge in [0.1, 0.15) is 5.15 Å². The van der Waals surface area contributed by atoms with Crippen molar-refractivity contribution in [2.24, 2.45) is 7.05 Å². The fourth-order valence-electron chi connectivity index (χ4n) is 2.55. The Morgan fingerprint density at radius 3 is 2.30 bits per heavy atom. The summed E-state index contributed by atoms with van der Waals surface area (Å²) in [5.74, 6) is 0. The number of nitrogens with zero attached hydrogens (tertiary/aromatic N) is 2. The highest BCUT2D eigenvalue weighted by Gasteiger charge is 2.18. The van der Waals surface area contributed by atoms with Crippen LogP contribution in [0.4, 0.5) is 0 Å². The Labute approximate surface area is 125 Å². The van der Waals surface area contributed by atoms with Gasteiger partial charge in [0.05, 0.1) is 11.8 Å². The van der Waals surface area contributed by atoms with E-state index in [-0.39, 0.29) is 0 Å². The predicted octanol–water partition coefficient (Wildman–Crippen LogP) is 3.58. The second-order valence-electron chi connectivity index (χ2n) is 5.49. The zero-order valence-electron chi connectivity index (χ0n) is 12.7. The van der Waals surface area contributed by atoms with E-state index < -0.39 is 6.10 Å². The molecule has 1 N–H and O–H groups in total. The van der Waals surface area contributed by atoms with Gasteiger partial charge in [-0.3, -0.25) is 4.68 Å². The Balaban J connectivity index is 2.33. The largest absolute Gasteiger partial charge is 0.388 e. The first kappa shape index (κ1) is 15.1. The van der Waals surface area contributed by atoms with E-state index in [4.69, 9.17) is 11.6 Å². The molecule has 20 heavy (non-hydrogen) atoms. The minimum atomic E-state index is -0.560. The summed E-state index contributed by atoms with van der Waals surface area (Å²) >= 11 is 6.23. The Morgan fingerprint density at radius 1 is 1.15 bits per heavy atom. The molecule has 0 aliphatic rings. The normalized spacial score (nSPS) is 12.8. The van der Waals surface area contributed by atoms with E-state index in [0.717, 1.165) is 22.4 Å². The topological polar surface area (TPSA) is 38.1 Å². The average Bonchev–Trinajstić information content (AvgIpc) is 2.60. The van der Waals surface area contributed by atoms with Crippen LogP contribution in [-0.4, -0.2) is 14.9 Å². The third kappa shape index (κ3) is 2.74. The zero-order chi connectivity index (χ0) is 15.0. The quantitative estimate of drug-likeness (QED) is 0.939. The number of hydrogen-bond donors (Lipinski definition) is 1. The van der Waals surface area contributed by atoms with Gasteiger partial charge in [0.25, 0.3) is 0 Å². The molecule has 3 nitrogen and oxygen atoms in total. The first-order valence-electron chi connectivity index (χ1n) is 6.75. The lowest BCUT2D eigenvalue weighted by atomic mass is 9.94. The number of aromatic nitrogens is 2. The van der Waals surface area contributed by atoms with Gasteiger partial charge in [0.2, 0.25) is 0 Å². The summed E-state index contributed by atoms with van der Waals surface area (Å²) in [7, 11) is 1.81. The molecule has 1 unspecified atom stereocenters. The van der Waals surface area contributed by atoms with Gasteiger partial charge in [0, 0.05) is 19.0 Å². The molecule has 1 heterocycles. The molecule has 0 bridgehead atoms. The summed E-state index contributed by atoms with van der Waals surface area (Å²) < 4.78 is 1.65. The van der Waals surface area contributed by atoms with E-state index in [9.17, 15) is 5.11 Å².